The summed E-state index contributed by atoms with van der Waals surface area (Å²) in [6, 6.07) is 8.50. The molecule has 2 rings (SSSR count). The Kier molecular flexibility index (Phi) is 4.33. The molecule has 1 heterocycles. The number of thioether (sulfide) groups is 1. The van der Waals surface area contributed by atoms with Gasteiger partial charge in [0, 0.05) is 24.5 Å². The lowest BCUT2D eigenvalue weighted by molar-refractivity contribution is -0.108. The maximum atomic E-state index is 9.92. The molecule has 1 aliphatic heterocycles. The van der Waals surface area contributed by atoms with E-state index in [1.165, 1.54) is 10.5 Å². The molecule has 0 aromatic heterocycles. The topological polar surface area (TPSA) is 43.7 Å². The smallest absolute Gasteiger partial charge is 0.0951 e. The van der Waals surface area contributed by atoms with E-state index in [9.17, 15) is 10.2 Å². The van der Waals surface area contributed by atoms with Crippen LogP contribution in [0, 0.1) is 0 Å². The maximum Gasteiger partial charge on any atom is 0.0951 e. The van der Waals surface area contributed by atoms with E-state index in [-0.39, 0.29) is 0 Å². The number of rotatable bonds is 3. The molecule has 1 aromatic carbocycles. The first kappa shape index (κ1) is 13.9. The van der Waals surface area contributed by atoms with Crippen molar-refractivity contribution < 1.29 is 10.2 Å². The van der Waals surface area contributed by atoms with Crippen LogP contribution in [0.15, 0.2) is 29.2 Å². The third kappa shape index (κ3) is 3.26. The third-order valence-electron chi connectivity index (χ3n) is 3.65. The molecule has 1 aromatic rings. The molecule has 1 aliphatic rings. The van der Waals surface area contributed by atoms with Crippen LogP contribution < -0.4 is 0 Å². The normalized spacial score (nSPS) is 29.4. The van der Waals surface area contributed by atoms with E-state index in [2.05, 4.69) is 35.4 Å². The lowest BCUT2D eigenvalue weighted by Crippen LogP contribution is -2.53. The standard InChI is InChI=1S/C14H21NO2S/c1-14(17)7-8-15(10-13(14)16)9-11-3-5-12(18-2)6-4-11/h3-6,13,16-17H,7-10H2,1-2H3/t13-,14-/m0/s1. The molecule has 0 spiro atoms. The van der Waals surface area contributed by atoms with Gasteiger partial charge in [-0.25, -0.2) is 0 Å². The second-order valence-electron chi connectivity index (χ2n) is 5.21. The molecular formula is C14H21NO2S. The zero-order chi connectivity index (χ0) is 13.2. The molecule has 2 atom stereocenters. The number of β-amino-alcohol motifs (C(OH)–C–C–N with tert-alkyl or cyclic N) is 1. The Labute approximate surface area is 113 Å². The van der Waals surface area contributed by atoms with Crippen molar-refractivity contribution >= 4 is 11.8 Å². The van der Waals surface area contributed by atoms with E-state index >= 15 is 0 Å². The largest absolute Gasteiger partial charge is 0.389 e. The minimum absolute atomic E-state index is 0.539. The molecule has 1 fully saturated rings. The van der Waals surface area contributed by atoms with Gasteiger partial charge in [-0.05, 0) is 37.3 Å². The number of aliphatic hydroxyl groups excluding tert-OH is 1. The van der Waals surface area contributed by atoms with Crippen molar-refractivity contribution in [3.63, 3.8) is 0 Å². The average Bonchev–Trinajstić information content (AvgIpc) is 2.35. The highest BCUT2D eigenvalue weighted by Gasteiger charge is 2.36. The van der Waals surface area contributed by atoms with Crippen LogP contribution in [0.25, 0.3) is 0 Å². The molecule has 4 heteroatoms. The molecule has 18 heavy (non-hydrogen) atoms. The predicted octanol–water partition coefficient (Wildman–Crippen LogP) is 1.73. The zero-order valence-electron chi connectivity index (χ0n) is 11.0. The number of hydrogen-bond acceptors (Lipinski definition) is 4. The van der Waals surface area contributed by atoms with Crippen LogP contribution in [-0.2, 0) is 6.54 Å². The first-order valence-corrected chi connectivity index (χ1v) is 7.49. The van der Waals surface area contributed by atoms with Crippen molar-refractivity contribution in [1.82, 2.24) is 4.90 Å². The van der Waals surface area contributed by atoms with E-state index in [4.69, 9.17) is 0 Å². The lowest BCUT2D eigenvalue weighted by Gasteiger charge is -2.39. The minimum atomic E-state index is -0.931. The Morgan fingerprint density at radius 3 is 2.61 bits per heavy atom. The molecule has 2 N–H and O–H groups in total. The molecule has 0 aliphatic carbocycles. The maximum absolute atomic E-state index is 9.92. The van der Waals surface area contributed by atoms with Gasteiger partial charge in [0.25, 0.3) is 0 Å². The van der Waals surface area contributed by atoms with E-state index in [1.807, 2.05) is 0 Å². The van der Waals surface area contributed by atoms with Gasteiger partial charge in [0.1, 0.15) is 0 Å². The summed E-state index contributed by atoms with van der Waals surface area (Å²) in [6.07, 6.45) is 2.03. The molecule has 100 valence electrons. The summed E-state index contributed by atoms with van der Waals surface area (Å²) >= 11 is 1.74. The summed E-state index contributed by atoms with van der Waals surface area (Å²) in [5.41, 5.74) is 0.320. The van der Waals surface area contributed by atoms with Crippen LogP contribution in [0.3, 0.4) is 0 Å². The van der Waals surface area contributed by atoms with Gasteiger partial charge in [-0.15, -0.1) is 11.8 Å². The number of nitrogens with zero attached hydrogens (tertiary/aromatic N) is 1. The van der Waals surface area contributed by atoms with Crippen molar-refractivity contribution in [2.24, 2.45) is 0 Å². The Bertz CT molecular complexity index is 391. The molecule has 0 saturated carbocycles. The van der Waals surface area contributed by atoms with Gasteiger partial charge >= 0.3 is 0 Å². The lowest BCUT2D eigenvalue weighted by atomic mass is 9.90. The van der Waals surface area contributed by atoms with Crippen LogP contribution in [0.1, 0.15) is 18.9 Å². The Morgan fingerprint density at radius 1 is 1.39 bits per heavy atom. The number of likely N-dealkylation sites (tertiary alicyclic amines) is 1. The second-order valence-corrected chi connectivity index (χ2v) is 6.09. The van der Waals surface area contributed by atoms with Gasteiger partial charge in [-0.2, -0.15) is 0 Å². The fraction of sp³-hybridized carbons (Fsp3) is 0.571. The van der Waals surface area contributed by atoms with Gasteiger partial charge in [0.2, 0.25) is 0 Å². The van der Waals surface area contributed by atoms with E-state index < -0.39 is 11.7 Å². The molecule has 0 amide bonds. The van der Waals surface area contributed by atoms with Crippen molar-refractivity contribution in [1.29, 1.82) is 0 Å². The van der Waals surface area contributed by atoms with Crippen molar-refractivity contribution in [2.45, 2.75) is 36.5 Å². The van der Waals surface area contributed by atoms with E-state index in [0.29, 0.717) is 13.0 Å². The average molecular weight is 267 g/mol. The summed E-state index contributed by atoms with van der Waals surface area (Å²) in [5, 5.41) is 19.8. The minimum Gasteiger partial charge on any atom is -0.389 e. The fourth-order valence-corrected chi connectivity index (χ4v) is 2.62. The van der Waals surface area contributed by atoms with Crippen molar-refractivity contribution in [2.75, 3.05) is 19.3 Å². The summed E-state index contributed by atoms with van der Waals surface area (Å²) in [7, 11) is 0. The zero-order valence-corrected chi connectivity index (χ0v) is 11.8. The molecule has 0 bridgehead atoms. The number of hydrogen-bond donors (Lipinski definition) is 2. The molecule has 0 radical (unpaired) electrons. The van der Waals surface area contributed by atoms with Crippen LogP contribution >= 0.6 is 11.8 Å². The van der Waals surface area contributed by atoms with Crippen LogP contribution in [0.2, 0.25) is 0 Å². The SMILES string of the molecule is CSc1ccc(CN2CC[C@](C)(O)[C@@H](O)C2)cc1. The highest BCUT2D eigenvalue weighted by molar-refractivity contribution is 7.98. The number of piperidine rings is 1. The Morgan fingerprint density at radius 2 is 2.06 bits per heavy atom. The first-order chi connectivity index (χ1) is 8.51. The molecule has 3 nitrogen and oxygen atoms in total. The van der Waals surface area contributed by atoms with Gasteiger partial charge in [-0.3, -0.25) is 4.90 Å². The second kappa shape index (κ2) is 5.61. The fourth-order valence-electron chi connectivity index (χ4n) is 2.22. The molecule has 1 saturated heterocycles. The number of aliphatic hydroxyl groups is 2. The van der Waals surface area contributed by atoms with Crippen LogP contribution in [0.5, 0.6) is 0 Å². The quantitative estimate of drug-likeness (QED) is 0.819. The summed E-state index contributed by atoms with van der Waals surface area (Å²) in [5.74, 6) is 0. The Balaban J connectivity index is 1.94. The monoisotopic (exact) mass is 267 g/mol. The highest BCUT2D eigenvalue weighted by atomic mass is 32.2. The Hall–Kier alpha value is -0.550. The van der Waals surface area contributed by atoms with E-state index in [1.54, 1.807) is 18.7 Å². The van der Waals surface area contributed by atoms with Gasteiger partial charge < -0.3 is 10.2 Å². The molecule has 0 unspecified atom stereocenters. The van der Waals surface area contributed by atoms with Crippen LogP contribution in [0.4, 0.5) is 0 Å². The van der Waals surface area contributed by atoms with Crippen molar-refractivity contribution in [3.05, 3.63) is 29.8 Å². The third-order valence-corrected chi connectivity index (χ3v) is 4.39. The summed E-state index contributed by atoms with van der Waals surface area (Å²) < 4.78 is 0. The van der Waals surface area contributed by atoms with Crippen LogP contribution in [-0.4, -0.2) is 46.2 Å². The predicted molar refractivity (Wildman–Crippen MR) is 74.7 cm³/mol. The first-order valence-electron chi connectivity index (χ1n) is 6.27. The summed E-state index contributed by atoms with van der Waals surface area (Å²) in [4.78, 5) is 3.46. The van der Waals surface area contributed by atoms with Crippen molar-refractivity contribution in [3.8, 4) is 0 Å². The number of benzene rings is 1. The van der Waals surface area contributed by atoms with Gasteiger partial charge in [0.05, 0.1) is 11.7 Å². The van der Waals surface area contributed by atoms with E-state index in [0.717, 1.165) is 13.1 Å². The molecular weight excluding hydrogens is 246 g/mol. The highest BCUT2D eigenvalue weighted by Crippen LogP contribution is 2.23. The van der Waals surface area contributed by atoms with Gasteiger partial charge in [0.15, 0.2) is 0 Å². The van der Waals surface area contributed by atoms with Gasteiger partial charge in [-0.1, -0.05) is 12.1 Å². The summed E-state index contributed by atoms with van der Waals surface area (Å²) in [6.45, 7) is 3.91.